The molecule has 0 unspecified atom stereocenters. The number of aromatic nitrogens is 2. The molecule has 1 aromatic heterocycles. The third-order valence-electron chi connectivity index (χ3n) is 2.41. The van der Waals surface area contributed by atoms with Gasteiger partial charge >= 0.3 is 0 Å². The molecule has 94 valence electrons. The van der Waals surface area contributed by atoms with Gasteiger partial charge in [0.05, 0.1) is 0 Å². The van der Waals surface area contributed by atoms with Gasteiger partial charge in [-0.05, 0) is 12.1 Å². The van der Waals surface area contributed by atoms with E-state index in [-0.39, 0.29) is 13.4 Å². The smallest absolute Gasteiger partial charge is 0.231 e. The summed E-state index contributed by atoms with van der Waals surface area (Å²) in [5.74, 6) is 7.41. The van der Waals surface area contributed by atoms with Crippen molar-refractivity contribution in [2.75, 3.05) is 12.2 Å². The number of fused-ring (bicyclic) bond motifs is 1. The van der Waals surface area contributed by atoms with Gasteiger partial charge in [-0.1, -0.05) is 4.49 Å². The first-order valence-corrected chi connectivity index (χ1v) is 5.94. The largest absolute Gasteiger partial charge is 0.487 e. The lowest BCUT2D eigenvalue weighted by Gasteiger charge is -2.05. The van der Waals surface area contributed by atoms with Crippen molar-refractivity contribution in [1.29, 1.82) is 0 Å². The molecule has 0 aliphatic carbocycles. The molecule has 1 aliphatic heterocycles. The van der Waals surface area contributed by atoms with Crippen molar-refractivity contribution >= 4 is 16.5 Å². The second-order valence-electron chi connectivity index (χ2n) is 3.50. The topological polar surface area (TPSA) is 91.5 Å². The van der Waals surface area contributed by atoms with E-state index in [9.17, 15) is 0 Å². The molecule has 0 atom stereocenters. The number of hydrogen-bond acceptors (Lipinski definition) is 8. The van der Waals surface area contributed by atoms with Crippen LogP contribution in [0, 0.1) is 0 Å². The summed E-state index contributed by atoms with van der Waals surface area (Å²) in [6.45, 7) is 0.533. The minimum atomic E-state index is 0.246. The van der Waals surface area contributed by atoms with Crippen molar-refractivity contribution in [3.8, 4) is 17.2 Å². The van der Waals surface area contributed by atoms with E-state index in [2.05, 4.69) is 15.0 Å². The van der Waals surface area contributed by atoms with Gasteiger partial charge in [0, 0.05) is 17.6 Å². The van der Waals surface area contributed by atoms with Gasteiger partial charge in [0.15, 0.2) is 16.5 Å². The molecular formula is C10H10N4O3S. The van der Waals surface area contributed by atoms with Gasteiger partial charge in [0.2, 0.25) is 6.79 Å². The molecule has 3 N–H and O–H groups in total. The van der Waals surface area contributed by atoms with Crippen molar-refractivity contribution in [1.82, 2.24) is 9.59 Å². The average Bonchev–Trinajstić information content (AvgIpc) is 3.04. The van der Waals surface area contributed by atoms with E-state index in [1.807, 2.05) is 6.07 Å². The fourth-order valence-corrected chi connectivity index (χ4v) is 2.01. The summed E-state index contributed by atoms with van der Waals surface area (Å²) in [5, 5.41) is 4.61. The van der Waals surface area contributed by atoms with Crippen LogP contribution < -0.4 is 25.5 Å². The van der Waals surface area contributed by atoms with Crippen LogP contribution in [-0.2, 0) is 6.61 Å². The van der Waals surface area contributed by atoms with Crippen molar-refractivity contribution in [3.05, 3.63) is 23.9 Å². The first-order valence-electron chi connectivity index (χ1n) is 5.17. The zero-order chi connectivity index (χ0) is 12.4. The molecule has 18 heavy (non-hydrogen) atoms. The number of nitrogen functional groups attached to an aromatic ring is 1. The number of rotatable bonds is 4. The fraction of sp³-hybridized carbons (Fsp3) is 0.200. The lowest BCUT2D eigenvalue weighted by atomic mass is 10.3. The molecule has 0 radical (unpaired) electrons. The van der Waals surface area contributed by atoms with E-state index in [0.717, 1.165) is 5.75 Å². The second kappa shape index (κ2) is 4.67. The van der Waals surface area contributed by atoms with E-state index in [1.54, 1.807) is 12.1 Å². The highest BCUT2D eigenvalue weighted by Gasteiger charge is 2.14. The summed E-state index contributed by atoms with van der Waals surface area (Å²) in [4.78, 5) is 0. The van der Waals surface area contributed by atoms with Gasteiger partial charge < -0.3 is 19.6 Å². The minimum absolute atomic E-state index is 0.246. The molecule has 0 saturated carbocycles. The third kappa shape index (κ3) is 2.03. The summed E-state index contributed by atoms with van der Waals surface area (Å²) in [6, 6.07) is 5.39. The molecule has 3 rings (SSSR count). The Balaban J connectivity index is 1.70. The van der Waals surface area contributed by atoms with E-state index in [0.29, 0.717) is 22.2 Å². The molecule has 2 heterocycles. The average molecular weight is 266 g/mol. The highest BCUT2D eigenvalue weighted by Crippen LogP contribution is 2.35. The number of hydrazine groups is 1. The molecule has 1 aromatic carbocycles. The molecule has 8 heteroatoms. The Kier molecular flexibility index (Phi) is 2.87. The molecule has 0 saturated heterocycles. The van der Waals surface area contributed by atoms with Crippen LogP contribution in [0.2, 0.25) is 0 Å². The van der Waals surface area contributed by atoms with Gasteiger partial charge in [0.1, 0.15) is 18.1 Å². The quantitative estimate of drug-likeness (QED) is 0.633. The molecule has 2 aromatic rings. The van der Waals surface area contributed by atoms with Crippen LogP contribution in [-0.4, -0.2) is 16.4 Å². The maximum absolute atomic E-state index is 5.59. The molecule has 1 aliphatic rings. The maximum atomic E-state index is 5.59. The Labute approximate surface area is 107 Å². The van der Waals surface area contributed by atoms with Crippen LogP contribution in [0.3, 0.4) is 0 Å². The zero-order valence-corrected chi connectivity index (χ0v) is 10.1. The Morgan fingerprint density at radius 3 is 3.17 bits per heavy atom. The van der Waals surface area contributed by atoms with Crippen molar-refractivity contribution in [2.24, 2.45) is 5.84 Å². The number of benzene rings is 1. The number of ether oxygens (including phenoxy) is 3. The van der Waals surface area contributed by atoms with E-state index in [4.69, 9.17) is 20.1 Å². The SMILES string of the molecule is NNc1snnc1COc1ccc2c(c1)OCO2. The number of hydrogen-bond donors (Lipinski definition) is 2. The Morgan fingerprint density at radius 2 is 2.28 bits per heavy atom. The monoisotopic (exact) mass is 266 g/mol. The molecule has 7 nitrogen and oxygen atoms in total. The van der Waals surface area contributed by atoms with Crippen LogP contribution in [0.25, 0.3) is 0 Å². The Hall–Kier alpha value is -2.06. The van der Waals surface area contributed by atoms with Gasteiger partial charge in [-0.15, -0.1) is 5.10 Å². The van der Waals surface area contributed by atoms with Crippen LogP contribution in [0.15, 0.2) is 18.2 Å². The van der Waals surface area contributed by atoms with Crippen molar-refractivity contribution < 1.29 is 14.2 Å². The highest BCUT2D eigenvalue weighted by molar-refractivity contribution is 7.10. The number of nitrogens with one attached hydrogen (secondary N) is 1. The predicted molar refractivity (Wildman–Crippen MR) is 64.6 cm³/mol. The van der Waals surface area contributed by atoms with Crippen LogP contribution >= 0.6 is 11.5 Å². The summed E-state index contributed by atoms with van der Waals surface area (Å²) >= 11 is 1.18. The Bertz CT molecular complexity index is 560. The number of nitrogens with zero attached hydrogens (tertiary/aromatic N) is 2. The molecule has 0 bridgehead atoms. The summed E-state index contributed by atoms with van der Waals surface area (Å²) in [5.41, 5.74) is 3.19. The van der Waals surface area contributed by atoms with E-state index in [1.165, 1.54) is 11.5 Å². The van der Waals surface area contributed by atoms with Gasteiger partial charge in [0.25, 0.3) is 0 Å². The standard InChI is InChI=1S/C10H10N4O3S/c11-12-10-7(13-14-18-10)4-15-6-1-2-8-9(3-6)17-5-16-8/h1-3,12H,4-5,11H2. The summed E-state index contributed by atoms with van der Waals surface area (Å²) in [6.07, 6.45) is 0. The van der Waals surface area contributed by atoms with E-state index < -0.39 is 0 Å². The van der Waals surface area contributed by atoms with Crippen molar-refractivity contribution in [3.63, 3.8) is 0 Å². The second-order valence-corrected chi connectivity index (χ2v) is 4.25. The van der Waals surface area contributed by atoms with E-state index >= 15 is 0 Å². The normalized spacial score (nSPS) is 12.5. The number of nitrogens with two attached hydrogens (primary N) is 1. The van der Waals surface area contributed by atoms with Crippen molar-refractivity contribution in [2.45, 2.75) is 6.61 Å². The molecule has 0 spiro atoms. The van der Waals surface area contributed by atoms with Crippen LogP contribution in [0.4, 0.5) is 5.00 Å². The van der Waals surface area contributed by atoms with Crippen LogP contribution in [0.5, 0.6) is 17.2 Å². The molecule has 0 fully saturated rings. The Morgan fingerprint density at radius 1 is 1.39 bits per heavy atom. The lowest BCUT2D eigenvalue weighted by Crippen LogP contribution is -2.08. The molecule has 0 amide bonds. The fourth-order valence-electron chi connectivity index (χ4n) is 1.53. The van der Waals surface area contributed by atoms with Gasteiger partial charge in [-0.3, -0.25) is 0 Å². The zero-order valence-electron chi connectivity index (χ0n) is 9.25. The highest BCUT2D eigenvalue weighted by atomic mass is 32.1. The first kappa shape index (κ1) is 11.1. The summed E-state index contributed by atoms with van der Waals surface area (Å²) in [7, 11) is 0. The van der Waals surface area contributed by atoms with Gasteiger partial charge in [-0.2, -0.15) is 0 Å². The van der Waals surface area contributed by atoms with Gasteiger partial charge in [-0.25, -0.2) is 5.84 Å². The summed E-state index contributed by atoms with van der Waals surface area (Å²) < 4.78 is 19.9. The lowest BCUT2D eigenvalue weighted by molar-refractivity contribution is 0.173. The first-order chi connectivity index (χ1) is 8.86. The molecular weight excluding hydrogens is 256 g/mol. The third-order valence-corrected chi connectivity index (χ3v) is 3.11. The number of anilines is 1. The predicted octanol–water partition coefficient (Wildman–Crippen LogP) is 1.13. The van der Waals surface area contributed by atoms with Crippen LogP contribution in [0.1, 0.15) is 5.69 Å². The maximum Gasteiger partial charge on any atom is 0.231 e. The minimum Gasteiger partial charge on any atom is -0.487 e.